The summed E-state index contributed by atoms with van der Waals surface area (Å²) < 4.78 is 23.6. The molecule has 29 heavy (non-hydrogen) atoms. The quantitative estimate of drug-likeness (QED) is 0.523. The normalized spacial score (nSPS) is 15.4. The summed E-state index contributed by atoms with van der Waals surface area (Å²) in [5, 5.41) is 0.156. The molecule has 0 N–H and O–H groups in total. The Balaban J connectivity index is 1.75. The number of amides is 2. The van der Waals surface area contributed by atoms with Crippen molar-refractivity contribution in [3.8, 4) is 5.75 Å². The molecule has 0 unspecified atom stereocenters. The smallest absolute Gasteiger partial charge is 0.293 e. The van der Waals surface area contributed by atoms with E-state index in [-0.39, 0.29) is 57.4 Å². The van der Waals surface area contributed by atoms with E-state index in [1.54, 1.807) is 30.3 Å². The lowest BCUT2D eigenvalue weighted by Gasteiger charge is -2.12. The van der Waals surface area contributed by atoms with Crippen LogP contribution in [-0.2, 0) is 16.1 Å². The van der Waals surface area contributed by atoms with Crippen molar-refractivity contribution in [3.05, 3.63) is 68.3 Å². The second kappa shape index (κ2) is 9.63. The predicted octanol–water partition coefficient (Wildman–Crippen LogP) is 5.39. The Morgan fingerprint density at radius 1 is 1.14 bits per heavy atom. The highest BCUT2D eigenvalue weighted by Gasteiger charge is 2.34. The molecule has 9 heteroatoms. The lowest BCUT2D eigenvalue weighted by Crippen LogP contribution is -2.31. The highest BCUT2D eigenvalue weighted by atomic mass is 35.5. The van der Waals surface area contributed by atoms with E-state index in [9.17, 15) is 14.0 Å². The Bertz CT molecular complexity index is 942. The average molecular weight is 456 g/mol. The number of ether oxygens (including phenoxy) is 2. The molecule has 1 saturated heterocycles. The number of hydrogen-bond acceptors (Lipinski definition) is 5. The van der Waals surface area contributed by atoms with Gasteiger partial charge in [0.25, 0.3) is 11.1 Å². The lowest BCUT2D eigenvalue weighted by molar-refractivity contribution is -0.123. The first-order valence-corrected chi connectivity index (χ1v) is 10.1. The number of rotatable bonds is 7. The van der Waals surface area contributed by atoms with Crippen LogP contribution in [0.2, 0.25) is 10.0 Å². The third kappa shape index (κ3) is 5.30. The van der Waals surface area contributed by atoms with E-state index in [1.165, 1.54) is 19.2 Å². The van der Waals surface area contributed by atoms with Crippen molar-refractivity contribution in [1.29, 1.82) is 0 Å². The number of carbonyl (C=O) groups excluding carboxylic acids is 2. The van der Waals surface area contributed by atoms with Gasteiger partial charge in [-0.3, -0.25) is 14.5 Å². The van der Waals surface area contributed by atoms with Crippen LogP contribution in [0.3, 0.4) is 0 Å². The standard InChI is InChI=1S/C20H16Cl2FNO4S/c1-27-7-6-24-19(25)17(29-20(24)26)10-13-8-15(21)18(16(22)9-13)28-11-12-2-4-14(23)5-3-12/h2-5,8-10H,6-7,11H2,1H3/b17-10+. The Morgan fingerprint density at radius 3 is 2.41 bits per heavy atom. The molecule has 152 valence electrons. The summed E-state index contributed by atoms with van der Waals surface area (Å²) in [7, 11) is 1.50. The van der Waals surface area contributed by atoms with Gasteiger partial charge in [-0.25, -0.2) is 4.39 Å². The maximum absolute atomic E-state index is 13.0. The first-order chi connectivity index (χ1) is 13.9. The number of halogens is 3. The van der Waals surface area contributed by atoms with Gasteiger partial charge in [-0.15, -0.1) is 0 Å². The zero-order valence-electron chi connectivity index (χ0n) is 15.3. The van der Waals surface area contributed by atoms with Crippen molar-refractivity contribution >= 4 is 52.2 Å². The summed E-state index contributed by atoms with van der Waals surface area (Å²) >= 11 is 13.4. The van der Waals surface area contributed by atoms with Crippen molar-refractivity contribution in [2.75, 3.05) is 20.3 Å². The van der Waals surface area contributed by atoms with Crippen LogP contribution < -0.4 is 4.74 Å². The maximum atomic E-state index is 13.0. The van der Waals surface area contributed by atoms with Crippen molar-refractivity contribution in [3.63, 3.8) is 0 Å². The second-order valence-corrected chi connectivity index (χ2v) is 7.86. The molecule has 2 aromatic carbocycles. The van der Waals surface area contributed by atoms with Crippen LogP contribution in [0.25, 0.3) is 6.08 Å². The van der Waals surface area contributed by atoms with Crippen molar-refractivity contribution in [1.82, 2.24) is 4.90 Å². The topological polar surface area (TPSA) is 55.8 Å². The summed E-state index contributed by atoms with van der Waals surface area (Å²) in [6.45, 7) is 0.622. The Labute approximate surface area is 181 Å². The summed E-state index contributed by atoms with van der Waals surface area (Å²) in [4.78, 5) is 25.8. The van der Waals surface area contributed by atoms with Crippen molar-refractivity contribution in [2.45, 2.75) is 6.61 Å². The van der Waals surface area contributed by atoms with E-state index >= 15 is 0 Å². The molecule has 0 spiro atoms. The largest absolute Gasteiger partial charge is 0.486 e. The van der Waals surface area contributed by atoms with Gasteiger partial charge in [-0.1, -0.05) is 35.3 Å². The second-order valence-electron chi connectivity index (χ2n) is 6.05. The van der Waals surface area contributed by atoms with Crippen LogP contribution in [-0.4, -0.2) is 36.3 Å². The Morgan fingerprint density at radius 2 is 1.79 bits per heavy atom. The number of benzene rings is 2. The average Bonchev–Trinajstić information content (AvgIpc) is 2.94. The fourth-order valence-corrected chi connectivity index (χ4v) is 4.04. The number of hydrogen-bond donors (Lipinski definition) is 0. The van der Waals surface area contributed by atoms with E-state index in [0.29, 0.717) is 5.56 Å². The first-order valence-electron chi connectivity index (χ1n) is 8.49. The molecule has 3 rings (SSSR count). The molecule has 0 radical (unpaired) electrons. The van der Waals surface area contributed by atoms with Crippen LogP contribution in [0.1, 0.15) is 11.1 Å². The number of imide groups is 1. The first kappa shape index (κ1) is 21.6. The van der Waals surface area contributed by atoms with Gasteiger partial charge in [-0.2, -0.15) is 0 Å². The molecule has 1 heterocycles. The molecule has 5 nitrogen and oxygen atoms in total. The Kier molecular flexibility index (Phi) is 7.18. The van der Waals surface area contributed by atoms with Gasteiger partial charge in [-0.05, 0) is 53.2 Å². The van der Waals surface area contributed by atoms with Gasteiger partial charge in [0.05, 0.1) is 28.1 Å². The van der Waals surface area contributed by atoms with Gasteiger partial charge >= 0.3 is 0 Å². The molecular weight excluding hydrogens is 440 g/mol. The molecular formula is C20H16Cl2FNO4S. The highest BCUT2D eigenvalue weighted by molar-refractivity contribution is 8.18. The van der Waals surface area contributed by atoms with E-state index in [2.05, 4.69) is 0 Å². The van der Waals surface area contributed by atoms with Crippen molar-refractivity contribution < 1.29 is 23.5 Å². The monoisotopic (exact) mass is 455 g/mol. The minimum atomic E-state index is -0.388. The van der Waals surface area contributed by atoms with Crippen LogP contribution in [0.5, 0.6) is 5.75 Å². The number of thioether (sulfide) groups is 1. The molecule has 1 aliphatic heterocycles. The van der Waals surface area contributed by atoms with Gasteiger partial charge in [0.15, 0.2) is 5.75 Å². The Hall–Kier alpha value is -2.06. The molecule has 0 atom stereocenters. The van der Waals surface area contributed by atoms with E-state index < -0.39 is 0 Å². The highest BCUT2D eigenvalue weighted by Crippen LogP contribution is 2.37. The summed E-state index contributed by atoms with van der Waals surface area (Å²) in [6.07, 6.45) is 1.55. The van der Waals surface area contributed by atoms with E-state index in [4.69, 9.17) is 32.7 Å². The molecule has 2 amide bonds. The van der Waals surface area contributed by atoms with Gasteiger partial charge in [0.1, 0.15) is 12.4 Å². The zero-order valence-corrected chi connectivity index (χ0v) is 17.6. The lowest BCUT2D eigenvalue weighted by atomic mass is 10.2. The fraction of sp³-hybridized carbons (Fsp3) is 0.200. The van der Waals surface area contributed by atoms with Gasteiger partial charge in [0, 0.05) is 7.11 Å². The molecule has 1 fully saturated rings. The SMILES string of the molecule is COCCN1C(=O)S/C(=C/c2cc(Cl)c(OCc3ccc(F)cc3)c(Cl)c2)C1=O. The molecule has 0 aromatic heterocycles. The van der Waals surface area contributed by atoms with E-state index in [0.717, 1.165) is 22.2 Å². The summed E-state index contributed by atoms with van der Waals surface area (Å²) in [5.41, 5.74) is 1.32. The van der Waals surface area contributed by atoms with Crippen LogP contribution >= 0.6 is 35.0 Å². The number of carbonyl (C=O) groups is 2. The van der Waals surface area contributed by atoms with Gasteiger partial charge < -0.3 is 9.47 Å². The maximum Gasteiger partial charge on any atom is 0.293 e. The summed E-state index contributed by atoms with van der Waals surface area (Å²) in [5.74, 6) is -0.440. The fourth-order valence-electron chi connectivity index (χ4n) is 2.56. The zero-order chi connectivity index (χ0) is 21.0. The molecule has 0 aliphatic carbocycles. The summed E-state index contributed by atoms with van der Waals surface area (Å²) in [6, 6.07) is 9.07. The van der Waals surface area contributed by atoms with Crippen molar-refractivity contribution in [2.24, 2.45) is 0 Å². The molecule has 2 aromatic rings. The van der Waals surface area contributed by atoms with Gasteiger partial charge in [0.2, 0.25) is 0 Å². The third-order valence-electron chi connectivity index (χ3n) is 4.01. The minimum Gasteiger partial charge on any atom is -0.486 e. The molecule has 1 aliphatic rings. The van der Waals surface area contributed by atoms with Crippen LogP contribution in [0.15, 0.2) is 41.3 Å². The molecule has 0 saturated carbocycles. The van der Waals surface area contributed by atoms with E-state index in [1.807, 2.05) is 0 Å². The van der Waals surface area contributed by atoms with Crippen LogP contribution in [0.4, 0.5) is 9.18 Å². The third-order valence-corrected chi connectivity index (χ3v) is 5.48. The number of methoxy groups -OCH3 is 1. The molecule has 0 bridgehead atoms. The predicted molar refractivity (Wildman–Crippen MR) is 112 cm³/mol. The van der Waals surface area contributed by atoms with Crippen LogP contribution in [0, 0.1) is 5.82 Å². The number of nitrogens with zero attached hydrogens (tertiary/aromatic N) is 1. The minimum absolute atomic E-state index is 0.164.